The van der Waals surface area contributed by atoms with Crippen LogP contribution in [-0.2, 0) is 5.11 Å². The Hall–Kier alpha value is 0.690. The van der Waals surface area contributed by atoms with E-state index in [1.807, 2.05) is 13.8 Å². The molecule has 0 aliphatic heterocycles. The number of halogens is 1. The number of hydrogen-bond acceptors (Lipinski definition) is 0. The highest BCUT2D eigenvalue weighted by atomic mass is 127. The Balaban J connectivity index is 3.16. The second-order valence-electron chi connectivity index (χ2n) is 2.61. The van der Waals surface area contributed by atoms with Crippen LogP contribution in [0.1, 0.15) is 26.7 Å². The Morgan fingerprint density at radius 2 is 2.00 bits per heavy atom. The van der Waals surface area contributed by atoms with E-state index < -0.39 is 0 Å². The van der Waals surface area contributed by atoms with Crippen LogP contribution in [0.25, 0.3) is 0 Å². The van der Waals surface area contributed by atoms with Crippen molar-refractivity contribution in [3.63, 3.8) is 0 Å². The second kappa shape index (κ2) is 5.47. The molecule has 0 rings (SSSR count). The van der Waals surface area contributed by atoms with E-state index in [0.717, 1.165) is 17.3 Å². The maximum atomic E-state index is 11.0. The van der Waals surface area contributed by atoms with Gasteiger partial charge in [-0.15, -0.1) is 0 Å². The number of alkyl halides is 1. The van der Waals surface area contributed by atoms with Gasteiger partial charge >= 0.3 is 0 Å². The molecule has 2 heteroatoms. The van der Waals surface area contributed by atoms with Crippen molar-refractivity contribution in [3.8, 4) is 0 Å². The van der Waals surface area contributed by atoms with Crippen molar-refractivity contribution >= 4 is 22.6 Å². The van der Waals surface area contributed by atoms with Gasteiger partial charge in [-0.3, -0.25) is 0 Å². The lowest BCUT2D eigenvalue weighted by Gasteiger charge is -2.09. The normalized spacial score (nSPS) is 14.3. The molecular weight excluding hydrogens is 227 g/mol. The summed E-state index contributed by atoms with van der Waals surface area (Å²) in [6.07, 6.45) is 1.59. The van der Waals surface area contributed by atoms with E-state index in [0.29, 0.717) is 5.92 Å². The number of hydrogen-bond donors (Lipinski definition) is 0. The van der Waals surface area contributed by atoms with Crippen molar-refractivity contribution in [2.75, 3.05) is 4.43 Å². The summed E-state index contributed by atoms with van der Waals surface area (Å²) in [6, 6.07) is 0. The van der Waals surface area contributed by atoms with Gasteiger partial charge in [0.25, 0.3) is 0 Å². The van der Waals surface area contributed by atoms with Gasteiger partial charge in [0.15, 0.2) is 0 Å². The Bertz CT molecular complexity index is 63.9. The molecule has 0 saturated carbocycles. The smallest absolute Gasteiger partial charge is 0.0953 e. The molecule has 0 aliphatic carbocycles. The average molecular weight is 241 g/mol. The molecule has 0 bridgehead atoms. The summed E-state index contributed by atoms with van der Waals surface area (Å²) in [7, 11) is 0. The van der Waals surface area contributed by atoms with E-state index in [2.05, 4.69) is 22.6 Å². The molecule has 1 nitrogen and oxygen atoms in total. The Morgan fingerprint density at radius 3 is 2.33 bits per heavy atom. The third kappa shape index (κ3) is 5.15. The van der Waals surface area contributed by atoms with Crippen molar-refractivity contribution in [2.24, 2.45) is 5.92 Å². The summed E-state index contributed by atoms with van der Waals surface area (Å²) in [4.78, 5) is 0. The zero-order valence-electron chi connectivity index (χ0n) is 6.06. The molecule has 0 saturated heterocycles. The molecule has 0 aromatic heterocycles. The zero-order chi connectivity index (χ0) is 7.28. The minimum absolute atomic E-state index is 0.313. The fourth-order valence-electron chi connectivity index (χ4n) is 0.612. The third-order valence-electron chi connectivity index (χ3n) is 1.37. The minimum Gasteiger partial charge on any atom is -0.233 e. The molecule has 1 atom stereocenters. The SMILES string of the molecule is CC(C)C([O])CCCI. The topological polar surface area (TPSA) is 19.9 Å². The van der Waals surface area contributed by atoms with E-state index in [9.17, 15) is 5.11 Å². The molecule has 0 fully saturated rings. The highest BCUT2D eigenvalue weighted by Gasteiger charge is 2.09. The van der Waals surface area contributed by atoms with Crippen LogP contribution in [0.5, 0.6) is 0 Å². The zero-order valence-corrected chi connectivity index (χ0v) is 8.22. The fraction of sp³-hybridized carbons (Fsp3) is 1.00. The van der Waals surface area contributed by atoms with Gasteiger partial charge in [-0.05, 0) is 23.2 Å². The molecule has 0 heterocycles. The Morgan fingerprint density at radius 1 is 1.44 bits per heavy atom. The van der Waals surface area contributed by atoms with Crippen LogP contribution in [-0.4, -0.2) is 10.5 Å². The van der Waals surface area contributed by atoms with E-state index in [4.69, 9.17) is 0 Å². The first-order valence-electron chi connectivity index (χ1n) is 3.40. The maximum Gasteiger partial charge on any atom is 0.0953 e. The van der Waals surface area contributed by atoms with Gasteiger partial charge in [0.05, 0.1) is 6.10 Å². The van der Waals surface area contributed by atoms with Crippen LogP contribution < -0.4 is 0 Å². The van der Waals surface area contributed by atoms with E-state index >= 15 is 0 Å². The first-order chi connectivity index (χ1) is 4.18. The van der Waals surface area contributed by atoms with Gasteiger partial charge in [0.2, 0.25) is 0 Å². The summed E-state index contributed by atoms with van der Waals surface area (Å²) in [5, 5.41) is 11.0. The van der Waals surface area contributed by atoms with Crippen molar-refractivity contribution in [3.05, 3.63) is 0 Å². The van der Waals surface area contributed by atoms with E-state index in [-0.39, 0.29) is 6.10 Å². The van der Waals surface area contributed by atoms with E-state index in [1.165, 1.54) is 0 Å². The van der Waals surface area contributed by atoms with Gasteiger partial charge in [0.1, 0.15) is 0 Å². The van der Waals surface area contributed by atoms with Crippen LogP contribution in [0.4, 0.5) is 0 Å². The fourth-order valence-corrected chi connectivity index (χ4v) is 1.05. The number of rotatable bonds is 4. The lowest BCUT2D eigenvalue weighted by molar-refractivity contribution is 0.0425. The monoisotopic (exact) mass is 241 g/mol. The van der Waals surface area contributed by atoms with Crippen LogP contribution in [0.15, 0.2) is 0 Å². The molecule has 0 aliphatic rings. The predicted octanol–water partition coefficient (Wildman–Crippen LogP) is 2.66. The van der Waals surface area contributed by atoms with Gasteiger partial charge < -0.3 is 0 Å². The first kappa shape index (κ1) is 9.69. The molecule has 55 valence electrons. The quantitative estimate of drug-likeness (QED) is 0.532. The largest absolute Gasteiger partial charge is 0.233 e. The molecule has 9 heavy (non-hydrogen) atoms. The van der Waals surface area contributed by atoms with Crippen molar-refractivity contribution in [1.29, 1.82) is 0 Å². The van der Waals surface area contributed by atoms with Crippen LogP contribution in [0.3, 0.4) is 0 Å². The van der Waals surface area contributed by atoms with Gasteiger partial charge in [0, 0.05) is 0 Å². The van der Waals surface area contributed by atoms with Crippen LogP contribution in [0.2, 0.25) is 0 Å². The molecule has 0 aromatic rings. The van der Waals surface area contributed by atoms with Gasteiger partial charge in [-0.2, -0.15) is 0 Å². The van der Waals surface area contributed by atoms with Crippen LogP contribution in [0, 0.1) is 5.92 Å². The minimum atomic E-state index is -0.334. The molecule has 1 unspecified atom stereocenters. The average Bonchev–Trinajstić information content (AvgIpc) is 1.82. The predicted molar refractivity (Wildman–Crippen MR) is 47.4 cm³/mol. The highest BCUT2D eigenvalue weighted by Crippen LogP contribution is 2.09. The van der Waals surface area contributed by atoms with Crippen molar-refractivity contribution in [1.82, 2.24) is 0 Å². The molecule has 0 aromatic carbocycles. The second-order valence-corrected chi connectivity index (χ2v) is 3.69. The third-order valence-corrected chi connectivity index (χ3v) is 2.13. The molecular formula is C7H14IO. The summed E-state index contributed by atoms with van der Waals surface area (Å²) >= 11 is 2.31. The summed E-state index contributed by atoms with van der Waals surface area (Å²) in [6.45, 7) is 3.98. The van der Waals surface area contributed by atoms with Gasteiger partial charge in [-0.25, -0.2) is 5.11 Å². The first-order valence-corrected chi connectivity index (χ1v) is 4.92. The van der Waals surface area contributed by atoms with Crippen molar-refractivity contribution < 1.29 is 5.11 Å². The van der Waals surface area contributed by atoms with Gasteiger partial charge in [-0.1, -0.05) is 36.4 Å². The molecule has 0 amide bonds. The highest BCUT2D eigenvalue weighted by molar-refractivity contribution is 14.1. The Labute approximate surface area is 71.0 Å². The maximum absolute atomic E-state index is 11.0. The molecule has 0 spiro atoms. The standard InChI is InChI=1S/C7H14IO/c1-6(2)7(9)4-3-5-8/h6-7H,3-5H2,1-2H3. The Kier molecular flexibility index (Phi) is 5.89. The summed E-state index contributed by atoms with van der Waals surface area (Å²) < 4.78 is 1.11. The molecule has 0 N–H and O–H groups in total. The lowest BCUT2D eigenvalue weighted by Crippen LogP contribution is -2.12. The van der Waals surface area contributed by atoms with E-state index in [1.54, 1.807) is 0 Å². The summed E-state index contributed by atoms with van der Waals surface area (Å²) in [5.74, 6) is 0.313. The van der Waals surface area contributed by atoms with Crippen LogP contribution >= 0.6 is 22.6 Å². The van der Waals surface area contributed by atoms with Crippen molar-refractivity contribution in [2.45, 2.75) is 32.8 Å². The summed E-state index contributed by atoms with van der Waals surface area (Å²) in [5.41, 5.74) is 0. The molecule has 1 radical (unpaired) electrons. The lowest BCUT2D eigenvalue weighted by atomic mass is 10.0.